The molecule has 1 aliphatic rings. The Balaban J connectivity index is 1.12. The number of pyridine rings is 1. The molecule has 0 saturated carbocycles. The zero-order valence-corrected chi connectivity index (χ0v) is 17.9. The van der Waals surface area contributed by atoms with E-state index < -0.39 is 0 Å². The largest absolute Gasteiger partial charge is 0.369 e. The molecular formula is C23H29N7O. The smallest absolute Gasteiger partial charge is 0.252 e. The van der Waals surface area contributed by atoms with E-state index in [4.69, 9.17) is 0 Å². The van der Waals surface area contributed by atoms with Crippen molar-refractivity contribution in [1.29, 1.82) is 0 Å². The summed E-state index contributed by atoms with van der Waals surface area (Å²) in [5.41, 5.74) is 3.19. The number of anilines is 1. The summed E-state index contributed by atoms with van der Waals surface area (Å²) < 4.78 is 1.56. The molecule has 3 aromatic rings. The molecule has 1 fully saturated rings. The number of carbonyl (C=O) groups excluding carboxylic acids is 1. The molecule has 1 aliphatic heterocycles. The molecule has 0 spiro atoms. The van der Waals surface area contributed by atoms with Crippen molar-refractivity contribution >= 4 is 11.6 Å². The van der Waals surface area contributed by atoms with E-state index in [1.165, 1.54) is 17.6 Å². The number of hydrogen-bond donors (Lipinski definition) is 1. The molecule has 162 valence electrons. The zero-order chi connectivity index (χ0) is 21.5. The highest BCUT2D eigenvalue weighted by molar-refractivity contribution is 5.93. The number of benzene rings is 1. The van der Waals surface area contributed by atoms with Crippen LogP contribution in [-0.2, 0) is 0 Å². The van der Waals surface area contributed by atoms with Crippen molar-refractivity contribution in [2.24, 2.45) is 0 Å². The maximum absolute atomic E-state index is 12.3. The number of amides is 1. The second-order valence-corrected chi connectivity index (χ2v) is 7.88. The second-order valence-electron chi connectivity index (χ2n) is 7.88. The van der Waals surface area contributed by atoms with Gasteiger partial charge in [-0.2, -0.15) is 5.10 Å². The van der Waals surface area contributed by atoms with Crippen LogP contribution in [0.25, 0.3) is 5.82 Å². The number of nitrogens with one attached hydrogen (secondary N) is 1. The predicted octanol–water partition coefficient (Wildman–Crippen LogP) is 2.30. The first-order valence-electron chi connectivity index (χ1n) is 10.8. The lowest BCUT2D eigenvalue weighted by atomic mass is 10.2. The van der Waals surface area contributed by atoms with Crippen LogP contribution in [-0.4, -0.2) is 69.8 Å². The quantitative estimate of drug-likeness (QED) is 0.565. The van der Waals surface area contributed by atoms with Gasteiger partial charge in [0.1, 0.15) is 12.7 Å². The van der Waals surface area contributed by atoms with Gasteiger partial charge in [0.15, 0.2) is 5.82 Å². The molecule has 2 aromatic heterocycles. The summed E-state index contributed by atoms with van der Waals surface area (Å²) in [6.45, 7) is 8.20. The van der Waals surface area contributed by atoms with E-state index in [1.807, 2.05) is 0 Å². The maximum atomic E-state index is 12.3. The zero-order valence-electron chi connectivity index (χ0n) is 17.9. The summed E-state index contributed by atoms with van der Waals surface area (Å²) in [6, 6.07) is 12.3. The lowest BCUT2D eigenvalue weighted by molar-refractivity contribution is 0.0952. The van der Waals surface area contributed by atoms with Crippen molar-refractivity contribution in [1.82, 2.24) is 30.0 Å². The van der Waals surface area contributed by atoms with Crippen molar-refractivity contribution in [3.8, 4) is 5.82 Å². The fraction of sp³-hybridized carbons (Fsp3) is 0.391. The SMILES string of the molecule is Cc1cccc(N2CCN(CCCCNC(=O)c3ccc(-n4cncn4)nc3)CC2)c1. The molecule has 1 saturated heterocycles. The summed E-state index contributed by atoms with van der Waals surface area (Å²) in [5, 5.41) is 7.01. The molecule has 0 unspecified atom stereocenters. The van der Waals surface area contributed by atoms with Crippen molar-refractivity contribution in [2.75, 3.05) is 44.2 Å². The summed E-state index contributed by atoms with van der Waals surface area (Å²) in [5.74, 6) is 0.543. The van der Waals surface area contributed by atoms with Crippen LogP contribution in [0.5, 0.6) is 0 Å². The Kier molecular flexibility index (Phi) is 6.89. The highest BCUT2D eigenvalue weighted by Gasteiger charge is 2.16. The van der Waals surface area contributed by atoms with Crippen molar-refractivity contribution < 1.29 is 4.79 Å². The number of nitrogens with zero attached hydrogens (tertiary/aromatic N) is 6. The van der Waals surface area contributed by atoms with Gasteiger partial charge in [-0.05, 0) is 56.1 Å². The van der Waals surface area contributed by atoms with Crippen LogP contribution in [0.2, 0.25) is 0 Å². The number of rotatable bonds is 8. The van der Waals surface area contributed by atoms with Gasteiger partial charge in [-0.25, -0.2) is 14.6 Å². The minimum Gasteiger partial charge on any atom is -0.369 e. The molecule has 3 heterocycles. The summed E-state index contributed by atoms with van der Waals surface area (Å²) >= 11 is 0. The molecule has 0 aliphatic carbocycles. The Bertz CT molecular complexity index is 964. The van der Waals surface area contributed by atoms with E-state index in [-0.39, 0.29) is 5.91 Å². The van der Waals surface area contributed by atoms with Crippen LogP contribution in [0.1, 0.15) is 28.8 Å². The monoisotopic (exact) mass is 419 g/mol. The first-order valence-corrected chi connectivity index (χ1v) is 10.8. The Hall–Kier alpha value is -3.26. The number of piperazine rings is 1. The first-order chi connectivity index (χ1) is 15.2. The molecule has 8 heteroatoms. The molecule has 31 heavy (non-hydrogen) atoms. The van der Waals surface area contributed by atoms with Gasteiger partial charge in [-0.3, -0.25) is 9.69 Å². The fourth-order valence-corrected chi connectivity index (χ4v) is 3.80. The third-order valence-corrected chi connectivity index (χ3v) is 5.59. The van der Waals surface area contributed by atoms with Gasteiger partial charge >= 0.3 is 0 Å². The Morgan fingerprint density at radius 1 is 1.10 bits per heavy atom. The van der Waals surface area contributed by atoms with Crippen LogP contribution in [0.15, 0.2) is 55.2 Å². The van der Waals surface area contributed by atoms with Crippen LogP contribution < -0.4 is 10.2 Å². The molecule has 1 aromatic carbocycles. The number of aromatic nitrogens is 4. The maximum Gasteiger partial charge on any atom is 0.252 e. The average Bonchev–Trinajstić information content (AvgIpc) is 3.34. The van der Waals surface area contributed by atoms with Crippen molar-refractivity contribution in [3.63, 3.8) is 0 Å². The van der Waals surface area contributed by atoms with E-state index in [0.29, 0.717) is 17.9 Å². The Morgan fingerprint density at radius 2 is 1.97 bits per heavy atom. The van der Waals surface area contributed by atoms with Gasteiger partial charge in [-0.15, -0.1) is 0 Å². The Morgan fingerprint density at radius 3 is 2.68 bits per heavy atom. The van der Waals surface area contributed by atoms with Crippen LogP contribution in [0.3, 0.4) is 0 Å². The molecule has 0 atom stereocenters. The van der Waals surface area contributed by atoms with Crippen molar-refractivity contribution in [2.45, 2.75) is 19.8 Å². The second kappa shape index (κ2) is 10.2. The number of carbonyl (C=O) groups is 1. The van der Waals surface area contributed by atoms with Gasteiger partial charge in [0.2, 0.25) is 0 Å². The third kappa shape index (κ3) is 5.67. The normalized spacial score (nSPS) is 14.5. The molecule has 1 N–H and O–H groups in total. The molecular weight excluding hydrogens is 390 g/mol. The number of unbranched alkanes of at least 4 members (excludes halogenated alkanes) is 1. The summed E-state index contributed by atoms with van der Waals surface area (Å²) in [6.07, 6.45) is 6.64. The predicted molar refractivity (Wildman–Crippen MR) is 121 cm³/mol. The van der Waals surface area contributed by atoms with Gasteiger partial charge in [0.05, 0.1) is 5.56 Å². The molecule has 1 amide bonds. The molecule has 0 bridgehead atoms. The lowest BCUT2D eigenvalue weighted by Gasteiger charge is -2.36. The standard InChI is InChI=1S/C23H29N7O/c1-19-5-4-6-21(15-19)29-13-11-28(12-14-29)10-3-2-9-25-23(31)20-7-8-22(26-16-20)30-18-24-17-27-30/h4-8,15-18H,2-3,9-14H2,1H3,(H,25,31). The first kappa shape index (κ1) is 21.0. The molecule has 0 radical (unpaired) electrons. The average molecular weight is 420 g/mol. The molecule has 4 rings (SSSR count). The van der Waals surface area contributed by atoms with E-state index in [0.717, 1.165) is 45.6 Å². The lowest BCUT2D eigenvalue weighted by Crippen LogP contribution is -2.46. The third-order valence-electron chi connectivity index (χ3n) is 5.59. The van der Waals surface area contributed by atoms with E-state index in [9.17, 15) is 4.79 Å². The Labute approximate surface area is 182 Å². The highest BCUT2D eigenvalue weighted by Crippen LogP contribution is 2.17. The van der Waals surface area contributed by atoms with E-state index in [2.05, 4.69) is 61.4 Å². The highest BCUT2D eigenvalue weighted by atomic mass is 16.1. The number of hydrogen-bond acceptors (Lipinski definition) is 6. The van der Waals surface area contributed by atoms with Crippen molar-refractivity contribution in [3.05, 3.63) is 66.4 Å². The minimum atomic E-state index is -0.0931. The molecule has 8 nitrogen and oxygen atoms in total. The van der Waals surface area contributed by atoms with E-state index in [1.54, 1.807) is 29.3 Å². The van der Waals surface area contributed by atoms with Crippen LogP contribution in [0.4, 0.5) is 5.69 Å². The van der Waals surface area contributed by atoms with Crippen LogP contribution >= 0.6 is 0 Å². The van der Waals surface area contributed by atoms with E-state index >= 15 is 0 Å². The van der Waals surface area contributed by atoms with Gasteiger partial charge in [0, 0.05) is 44.6 Å². The topological polar surface area (TPSA) is 79.2 Å². The number of aryl methyl sites for hydroxylation is 1. The summed E-state index contributed by atoms with van der Waals surface area (Å²) in [7, 11) is 0. The van der Waals surface area contributed by atoms with Gasteiger partial charge < -0.3 is 10.2 Å². The summed E-state index contributed by atoms with van der Waals surface area (Å²) in [4.78, 5) is 25.4. The minimum absolute atomic E-state index is 0.0931. The van der Waals surface area contributed by atoms with Crippen LogP contribution in [0, 0.1) is 6.92 Å². The van der Waals surface area contributed by atoms with Gasteiger partial charge in [0.25, 0.3) is 5.91 Å². The van der Waals surface area contributed by atoms with Gasteiger partial charge in [-0.1, -0.05) is 12.1 Å². The fourth-order valence-electron chi connectivity index (χ4n) is 3.80.